The number of nitrogens with one attached hydrogen (secondary N) is 2. The Balaban J connectivity index is 1.60. The fourth-order valence-electron chi connectivity index (χ4n) is 3.08. The molecule has 2 unspecified atom stereocenters. The van der Waals surface area contributed by atoms with E-state index in [1.54, 1.807) is 42.6 Å². The van der Waals surface area contributed by atoms with Crippen molar-refractivity contribution < 1.29 is 33.5 Å². The number of ether oxygens (including phenoxy) is 2. The lowest BCUT2D eigenvalue weighted by Crippen LogP contribution is -2.40. The molecule has 9 nitrogen and oxygen atoms in total. The minimum atomic E-state index is -0.540. The van der Waals surface area contributed by atoms with Crippen LogP contribution < -0.4 is 15.2 Å². The molecule has 9 heteroatoms. The molecule has 0 bridgehead atoms. The number of amides is 2. The molecule has 3 rings (SSSR count). The molecular formula is C21H24N3O6+. The smallest absolute Gasteiger partial charge is 0.325 e. The van der Waals surface area contributed by atoms with Gasteiger partial charge < -0.3 is 25.2 Å². The summed E-state index contributed by atoms with van der Waals surface area (Å²) in [7, 11) is 1.24. The summed E-state index contributed by atoms with van der Waals surface area (Å²) in [6, 6.07) is 9.77. The van der Waals surface area contributed by atoms with Gasteiger partial charge in [-0.15, -0.1) is 0 Å². The molecule has 2 aromatic rings. The molecular weight excluding hydrogens is 390 g/mol. The molecule has 2 heterocycles. The quantitative estimate of drug-likeness (QED) is 0.456. The zero-order chi connectivity index (χ0) is 21.5. The van der Waals surface area contributed by atoms with Gasteiger partial charge in [0.15, 0.2) is 12.4 Å². The molecule has 1 aliphatic heterocycles. The van der Waals surface area contributed by atoms with E-state index in [1.807, 2.05) is 10.8 Å². The topological polar surface area (TPSA) is 118 Å². The van der Waals surface area contributed by atoms with Gasteiger partial charge in [-0.05, 0) is 36.8 Å². The fourth-order valence-corrected chi connectivity index (χ4v) is 3.08. The van der Waals surface area contributed by atoms with E-state index in [4.69, 9.17) is 4.74 Å². The van der Waals surface area contributed by atoms with Crippen LogP contribution in [0.25, 0.3) is 0 Å². The van der Waals surface area contributed by atoms with Gasteiger partial charge in [-0.3, -0.25) is 14.4 Å². The van der Waals surface area contributed by atoms with E-state index in [0.29, 0.717) is 16.8 Å². The summed E-state index contributed by atoms with van der Waals surface area (Å²) in [6.07, 6.45) is 4.67. The van der Waals surface area contributed by atoms with E-state index in [0.717, 1.165) is 12.8 Å². The molecule has 0 spiro atoms. The predicted molar refractivity (Wildman–Crippen MR) is 106 cm³/mol. The third-order valence-corrected chi connectivity index (χ3v) is 4.73. The van der Waals surface area contributed by atoms with Crippen LogP contribution in [-0.4, -0.2) is 49.3 Å². The zero-order valence-corrected chi connectivity index (χ0v) is 16.5. The van der Waals surface area contributed by atoms with Crippen LogP contribution in [0.5, 0.6) is 0 Å². The van der Waals surface area contributed by atoms with Crippen LogP contribution >= 0.6 is 0 Å². The molecule has 1 fully saturated rings. The molecule has 158 valence electrons. The zero-order valence-electron chi connectivity index (χ0n) is 16.5. The number of esters is 1. The van der Waals surface area contributed by atoms with Crippen LogP contribution in [0.2, 0.25) is 0 Å². The van der Waals surface area contributed by atoms with Crippen LogP contribution in [0, 0.1) is 0 Å². The number of rotatable bonds is 7. The first-order valence-corrected chi connectivity index (χ1v) is 9.53. The Morgan fingerprint density at radius 1 is 1.13 bits per heavy atom. The molecule has 1 saturated heterocycles. The number of carbonyl (C=O) groups is 3. The van der Waals surface area contributed by atoms with Crippen LogP contribution in [0.3, 0.4) is 0 Å². The standard InChI is InChI=1S/C21H23N3O6/c1-29-19(26)11-22-20(27)14-4-6-16(7-5-14)23-21(28)15-3-2-10-24(12-15)18-9-8-17(13-25)30-18/h2-7,10,12,17-18,25H,8-9,11,13H2,1H3,(H-,22,23,27,28)/p+1. The Kier molecular flexibility index (Phi) is 7.10. The molecule has 0 aliphatic carbocycles. The van der Waals surface area contributed by atoms with Crippen molar-refractivity contribution in [3.05, 3.63) is 59.9 Å². The third kappa shape index (κ3) is 5.40. The molecule has 2 amide bonds. The Hall–Kier alpha value is -3.30. The van der Waals surface area contributed by atoms with Gasteiger partial charge >= 0.3 is 5.97 Å². The number of aliphatic hydroxyl groups excluding tert-OH is 1. The van der Waals surface area contributed by atoms with E-state index in [-0.39, 0.29) is 31.4 Å². The highest BCUT2D eigenvalue weighted by atomic mass is 16.5. The number of benzene rings is 1. The van der Waals surface area contributed by atoms with Gasteiger partial charge in [0.25, 0.3) is 18.0 Å². The second-order valence-electron chi connectivity index (χ2n) is 6.80. The van der Waals surface area contributed by atoms with Gasteiger partial charge in [-0.25, -0.2) is 0 Å². The Morgan fingerprint density at radius 2 is 1.90 bits per heavy atom. The first kappa shape index (κ1) is 21.4. The van der Waals surface area contributed by atoms with Gasteiger partial charge in [0, 0.05) is 23.7 Å². The number of methoxy groups -OCH3 is 1. The number of pyridine rings is 1. The maximum Gasteiger partial charge on any atom is 0.325 e. The first-order chi connectivity index (χ1) is 14.5. The van der Waals surface area contributed by atoms with Crippen molar-refractivity contribution in [3.8, 4) is 0 Å². The Bertz CT molecular complexity index is 915. The lowest BCUT2D eigenvalue weighted by Gasteiger charge is -2.09. The van der Waals surface area contributed by atoms with Crippen LogP contribution in [0.4, 0.5) is 5.69 Å². The second-order valence-corrected chi connectivity index (χ2v) is 6.80. The van der Waals surface area contributed by atoms with Gasteiger partial charge in [0.2, 0.25) is 0 Å². The minimum Gasteiger partial charge on any atom is -0.468 e. The van der Waals surface area contributed by atoms with E-state index < -0.39 is 11.9 Å². The molecule has 1 aliphatic rings. The maximum absolute atomic E-state index is 12.6. The summed E-state index contributed by atoms with van der Waals surface area (Å²) < 4.78 is 12.0. The number of aromatic nitrogens is 1. The Labute approximate surface area is 173 Å². The summed E-state index contributed by atoms with van der Waals surface area (Å²) in [5.41, 5.74) is 1.33. The van der Waals surface area contributed by atoms with E-state index >= 15 is 0 Å². The molecule has 2 atom stereocenters. The summed E-state index contributed by atoms with van der Waals surface area (Å²) in [5, 5.41) is 14.4. The molecule has 3 N–H and O–H groups in total. The van der Waals surface area contributed by atoms with E-state index in [2.05, 4.69) is 15.4 Å². The average Bonchev–Trinajstić information content (AvgIpc) is 3.27. The number of nitrogens with zero attached hydrogens (tertiary/aromatic N) is 1. The summed E-state index contributed by atoms with van der Waals surface area (Å²) in [6.45, 7) is -0.237. The van der Waals surface area contributed by atoms with Crippen molar-refractivity contribution >= 4 is 23.5 Å². The highest BCUT2D eigenvalue weighted by molar-refractivity contribution is 6.04. The number of hydrogen-bond acceptors (Lipinski definition) is 6. The number of hydrogen-bond donors (Lipinski definition) is 3. The van der Waals surface area contributed by atoms with Crippen LogP contribution in [0.1, 0.15) is 39.8 Å². The SMILES string of the molecule is COC(=O)CNC(=O)c1ccc(NC(=O)c2ccc[n+](C3CCC(CO)O3)c2)cc1. The third-order valence-electron chi connectivity index (χ3n) is 4.73. The lowest BCUT2D eigenvalue weighted by molar-refractivity contribution is -0.759. The van der Waals surface area contributed by atoms with Crippen molar-refractivity contribution in [3.63, 3.8) is 0 Å². The van der Waals surface area contributed by atoms with E-state index in [1.165, 1.54) is 7.11 Å². The Morgan fingerprint density at radius 3 is 2.57 bits per heavy atom. The van der Waals surface area contributed by atoms with Crippen molar-refractivity contribution in [2.24, 2.45) is 0 Å². The highest BCUT2D eigenvalue weighted by Crippen LogP contribution is 2.23. The van der Waals surface area contributed by atoms with Crippen molar-refractivity contribution in [1.82, 2.24) is 5.32 Å². The maximum atomic E-state index is 12.6. The van der Waals surface area contributed by atoms with Crippen LogP contribution in [-0.2, 0) is 14.3 Å². The summed E-state index contributed by atoms with van der Waals surface area (Å²) in [4.78, 5) is 35.7. The summed E-state index contributed by atoms with van der Waals surface area (Å²) >= 11 is 0. The first-order valence-electron chi connectivity index (χ1n) is 9.53. The van der Waals surface area contributed by atoms with Gasteiger partial charge in [0.05, 0.1) is 19.8 Å². The van der Waals surface area contributed by atoms with Gasteiger partial charge in [0.1, 0.15) is 12.1 Å². The number of anilines is 1. The monoisotopic (exact) mass is 414 g/mol. The molecule has 30 heavy (non-hydrogen) atoms. The van der Waals surface area contributed by atoms with E-state index in [9.17, 15) is 19.5 Å². The highest BCUT2D eigenvalue weighted by Gasteiger charge is 2.31. The lowest BCUT2D eigenvalue weighted by atomic mass is 10.2. The molecule has 1 aromatic carbocycles. The fraction of sp³-hybridized carbons (Fsp3) is 0.333. The van der Waals surface area contributed by atoms with Gasteiger partial charge in [-0.1, -0.05) is 0 Å². The largest absolute Gasteiger partial charge is 0.468 e. The molecule has 0 saturated carbocycles. The normalized spacial score (nSPS) is 17.9. The van der Waals surface area contributed by atoms with Crippen molar-refractivity contribution in [2.45, 2.75) is 25.2 Å². The molecule has 0 radical (unpaired) electrons. The molecule has 1 aromatic heterocycles. The average molecular weight is 414 g/mol. The number of carbonyl (C=O) groups excluding carboxylic acids is 3. The minimum absolute atomic E-state index is 0.0199. The van der Waals surface area contributed by atoms with Crippen molar-refractivity contribution in [2.75, 3.05) is 25.6 Å². The number of aliphatic hydroxyl groups is 1. The van der Waals surface area contributed by atoms with Crippen molar-refractivity contribution in [1.29, 1.82) is 0 Å². The van der Waals surface area contributed by atoms with Crippen LogP contribution in [0.15, 0.2) is 48.8 Å². The second kappa shape index (κ2) is 9.95. The van der Waals surface area contributed by atoms with Gasteiger partial charge in [-0.2, -0.15) is 4.57 Å². The predicted octanol–water partition coefficient (Wildman–Crippen LogP) is 0.799. The summed E-state index contributed by atoms with van der Waals surface area (Å²) in [5.74, 6) is -1.26.